The smallest absolute Gasteiger partial charge is 0.409 e. The minimum Gasteiger partial charge on any atom is -0.409 e. The summed E-state index contributed by atoms with van der Waals surface area (Å²) in [6.07, 6.45) is -0.451. The highest BCUT2D eigenvalue weighted by molar-refractivity contribution is 6.10. The largest absolute Gasteiger partial charge is 0.415 e. The summed E-state index contributed by atoms with van der Waals surface area (Å²) in [5.74, 6) is 0.113. The quantitative estimate of drug-likeness (QED) is 0.759. The zero-order valence-electron chi connectivity index (χ0n) is 14.5. The Bertz CT molecular complexity index is 700. The van der Waals surface area contributed by atoms with Crippen LogP contribution in [0.2, 0.25) is 0 Å². The maximum Gasteiger partial charge on any atom is 0.415 e. The van der Waals surface area contributed by atoms with Gasteiger partial charge in [-0.1, -0.05) is 42.5 Å². The minimum atomic E-state index is -0.451. The van der Waals surface area contributed by atoms with E-state index in [0.717, 1.165) is 0 Å². The van der Waals surface area contributed by atoms with Crippen LogP contribution < -0.4 is 4.74 Å². The third-order valence-electron chi connectivity index (χ3n) is 3.69. The number of carbonyl (C=O) groups is 2. The van der Waals surface area contributed by atoms with Gasteiger partial charge in [0.1, 0.15) is 5.75 Å². The van der Waals surface area contributed by atoms with Crippen LogP contribution in [0.3, 0.4) is 0 Å². The van der Waals surface area contributed by atoms with Crippen molar-refractivity contribution in [3.63, 3.8) is 0 Å². The van der Waals surface area contributed by atoms with Gasteiger partial charge in [0.25, 0.3) is 0 Å². The SMILES string of the molecule is CC(C)N(C(=O)Oc1ccccc1C(=O)c1ccccc1)C(C)C. The van der Waals surface area contributed by atoms with Crippen molar-refractivity contribution in [1.82, 2.24) is 4.90 Å². The number of para-hydroxylation sites is 1. The van der Waals surface area contributed by atoms with Crippen LogP contribution in [0, 0.1) is 0 Å². The van der Waals surface area contributed by atoms with Crippen LogP contribution in [0.15, 0.2) is 54.6 Å². The fourth-order valence-electron chi connectivity index (χ4n) is 2.65. The first-order valence-electron chi connectivity index (χ1n) is 8.10. The van der Waals surface area contributed by atoms with Gasteiger partial charge in [-0.3, -0.25) is 4.79 Å². The third-order valence-corrected chi connectivity index (χ3v) is 3.69. The Morgan fingerprint density at radius 1 is 0.833 bits per heavy atom. The van der Waals surface area contributed by atoms with Gasteiger partial charge in [-0.2, -0.15) is 0 Å². The van der Waals surface area contributed by atoms with Crippen LogP contribution >= 0.6 is 0 Å². The van der Waals surface area contributed by atoms with Gasteiger partial charge in [-0.05, 0) is 39.8 Å². The zero-order valence-corrected chi connectivity index (χ0v) is 14.5. The first-order valence-corrected chi connectivity index (χ1v) is 8.10. The number of hydrogen-bond donors (Lipinski definition) is 0. The first-order chi connectivity index (χ1) is 11.4. The fraction of sp³-hybridized carbons (Fsp3) is 0.300. The van der Waals surface area contributed by atoms with Crippen molar-refractivity contribution in [2.45, 2.75) is 39.8 Å². The molecule has 1 amide bonds. The molecule has 0 saturated heterocycles. The highest BCUT2D eigenvalue weighted by Crippen LogP contribution is 2.23. The third kappa shape index (κ3) is 4.02. The lowest BCUT2D eigenvalue weighted by Crippen LogP contribution is -2.43. The van der Waals surface area contributed by atoms with Crippen molar-refractivity contribution in [3.8, 4) is 5.75 Å². The molecule has 2 rings (SSSR count). The number of carbonyl (C=O) groups excluding carboxylic acids is 2. The molecule has 0 heterocycles. The lowest BCUT2D eigenvalue weighted by molar-refractivity contribution is 0.103. The molecule has 0 bridgehead atoms. The van der Waals surface area contributed by atoms with Gasteiger partial charge < -0.3 is 9.64 Å². The van der Waals surface area contributed by atoms with Crippen molar-refractivity contribution < 1.29 is 14.3 Å². The summed E-state index contributed by atoms with van der Waals surface area (Å²) in [6, 6.07) is 15.8. The maximum absolute atomic E-state index is 12.7. The number of ketones is 1. The molecule has 0 aliphatic carbocycles. The molecular formula is C20H23NO3. The van der Waals surface area contributed by atoms with Crippen molar-refractivity contribution in [1.29, 1.82) is 0 Å². The van der Waals surface area contributed by atoms with Gasteiger partial charge in [0.05, 0.1) is 5.56 Å². The average Bonchev–Trinajstić information content (AvgIpc) is 2.54. The Morgan fingerprint density at radius 3 is 1.96 bits per heavy atom. The van der Waals surface area contributed by atoms with Crippen molar-refractivity contribution >= 4 is 11.9 Å². The number of benzene rings is 2. The summed E-state index contributed by atoms with van der Waals surface area (Å²) in [6.45, 7) is 7.73. The van der Waals surface area contributed by atoms with E-state index in [0.29, 0.717) is 11.1 Å². The Kier molecular flexibility index (Phi) is 5.74. The molecule has 0 spiro atoms. The van der Waals surface area contributed by atoms with Crippen LogP contribution in [-0.2, 0) is 0 Å². The highest BCUT2D eigenvalue weighted by atomic mass is 16.6. The second-order valence-corrected chi connectivity index (χ2v) is 6.15. The molecule has 126 valence electrons. The van der Waals surface area contributed by atoms with E-state index in [1.165, 1.54) is 0 Å². The molecule has 0 aliphatic heterocycles. The van der Waals surface area contributed by atoms with E-state index in [1.807, 2.05) is 33.8 Å². The van der Waals surface area contributed by atoms with Gasteiger partial charge in [0.15, 0.2) is 5.78 Å². The molecule has 0 unspecified atom stereocenters. The molecule has 0 aromatic heterocycles. The molecule has 4 nitrogen and oxygen atoms in total. The number of hydrogen-bond acceptors (Lipinski definition) is 3. The predicted molar refractivity (Wildman–Crippen MR) is 94.5 cm³/mol. The lowest BCUT2D eigenvalue weighted by Gasteiger charge is -2.29. The van der Waals surface area contributed by atoms with E-state index in [4.69, 9.17) is 4.74 Å². The van der Waals surface area contributed by atoms with E-state index in [1.54, 1.807) is 53.4 Å². The molecule has 0 aliphatic rings. The normalized spacial score (nSPS) is 10.8. The average molecular weight is 325 g/mol. The van der Waals surface area contributed by atoms with Gasteiger partial charge in [-0.15, -0.1) is 0 Å². The Hall–Kier alpha value is -2.62. The molecule has 0 N–H and O–H groups in total. The Balaban J connectivity index is 2.29. The molecule has 24 heavy (non-hydrogen) atoms. The summed E-state index contributed by atoms with van der Waals surface area (Å²) in [7, 11) is 0. The monoisotopic (exact) mass is 325 g/mol. The van der Waals surface area contributed by atoms with E-state index >= 15 is 0 Å². The Morgan fingerprint density at radius 2 is 1.38 bits per heavy atom. The van der Waals surface area contributed by atoms with Crippen LogP contribution in [0.1, 0.15) is 43.6 Å². The standard InChI is InChI=1S/C20H23NO3/c1-14(2)21(15(3)4)20(23)24-18-13-9-8-12-17(18)19(22)16-10-6-5-7-11-16/h5-15H,1-4H3. The predicted octanol–water partition coefficient (Wildman–Crippen LogP) is 4.54. The van der Waals surface area contributed by atoms with Crippen molar-refractivity contribution in [3.05, 3.63) is 65.7 Å². The lowest BCUT2D eigenvalue weighted by atomic mass is 10.0. The summed E-state index contributed by atoms with van der Waals surface area (Å²) >= 11 is 0. The summed E-state index contributed by atoms with van der Waals surface area (Å²) in [4.78, 5) is 26.8. The van der Waals surface area contributed by atoms with Crippen LogP contribution in [0.5, 0.6) is 5.75 Å². The van der Waals surface area contributed by atoms with E-state index in [-0.39, 0.29) is 23.6 Å². The number of nitrogens with zero attached hydrogens (tertiary/aromatic N) is 1. The molecule has 4 heteroatoms. The second kappa shape index (κ2) is 7.77. The van der Waals surface area contributed by atoms with Gasteiger partial charge in [0, 0.05) is 17.6 Å². The number of ether oxygens (including phenoxy) is 1. The summed E-state index contributed by atoms with van der Waals surface area (Å²) in [5.41, 5.74) is 0.940. The topological polar surface area (TPSA) is 46.6 Å². The van der Waals surface area contributed by atoms with E-state index < -0.39 is 6.09 Å². The van der Waals surface area contributed by atoms with E-state index in [2.05, 4.69) is 0 Å². The van der Waals surface area contributed by atoms with Crippen molar-refractivity contribution in [2.75, 3.05) is 0 Å². The van der Waals surface area contributed by atoms with Crippen molar-refractivity contribution in [2.24, 2.45) is 0 Å². The fourth-order valence-corrected chi connectivity index (χ4v) is 2.65. The molecule has 0 atom stereocenters. The van der Waals surface area contributed by atoms with Gasteiger partial charge in [0.2, 0.25) is 0 Å². The molecule has 0 radical (unpaired) electrons. The number of amides is 1. The second-order valence-electron chi connectivity index (χ2n) is 6.15. The number of rotatable bonds is 5. The van der Waals surface area contributed by atoms with Gasteiger partial charge in [-0.25, -0.2) is 4.79 Å². The van der Waals surface area contributed by atoms with Crippen LogP contribution in [0.4, 0.5) is 4.79 Å². The molecule has 2 aromatic carbocycles. The van der Waals surface area contributed by atoms with Gasteiger partial charge >= 0.3 is 6.09 Å². The zero-order chi connectivity index (χ0) is 17.7. The molecule has 0 saturated carbocycles. The molecule has 0 fully saturated rings. The minimum absolute atomic E-state index is 0.00878. The van der Waals surface area contributed by atoms with Crippen LogP contribution in [0.25, 0.3) is 0 Å². The molecule has 2 aromatic rings. The maximum atomic E-state index is 12.7. The molecular weight excluding hydrogens is 302 g/mol. The highest BCUT2D eigenvalue weighted by Gasteiger charge is 2.24. The van der Waals surface area contributed by atoms with Crippen LogP contribution in [-0.4, -0.2) is 28.9 Å². The Labute approximate surface area is 143 Å². The van der Waals surface area contributed by atoms with E-state index in [9.17, 15) is 9.59 Å². The summed E-state index contributed by atoms with van der Waals surface area (Å²) in [5, 5.41) is 0. The summed E-state index contributed by atoms with van der Waals surface area (Å²) < 4.78 is 5.54. The first kappa shape index (κ1) is 17.7.